The van der Waals surface area contributed by atoms with E-state index in [1.165, 1.54) is 12.1 Å². The Morgan fingerprint density at radius 2 is 1.87 bits per heavy atom. The van der Waals surface area contributed by atoms with Crippen LogP contribution in [0.3, 0.4) is 0 Å². The van der Waals surface area contributed by atoms with Gasteiger partial charge in [0.15, 0.2) is 17.4 Å². The van der Waals surface area contributed by atoms with Crippen LogP contribution >= 0.6 is 0 Å². The highest BCUT2D eigenvalue weighted by Gasteiger charge is 2.05. The van der Waals surface area contributed by atoms with E-state index in [9.17, 15) is 4.39 Å². The van der Waals surface area contributed by atoms with E-state index in [4.69, 9.17) is 0 Å². The predicted molar refractivity (Wildman–Crippen MR) is 86.4 cm³/mol. The van der Waals surface area contributed by atoms with Gasteiger partial charge in [-0.3, -0.25) is 9.39 Å². The van der Waals surface area contributed by atoms with Crippen LogP contribution in [0.1, 0.15) is 11.4 Å². The molecule has 0 saturated heterocycles. The predicted octanol–water partition coefficient (Wildman–Crippen LogP) is 1.73. The maximum atomic E-state index is 12.9. The largest absolute Gasteiger partial charge is 0.352 e. The molecule has 0 amide bonds. The number of guanidine groups is 1. The molecule has 1 aromatic carbocycles. The SMILES string of the molecule is CN=C(NCc1ccc(F)cc1)NCc1nnc2ccccn12. The molecule has 23 heavy (non-hydrogen) atoms. The van der Waals surface area contributed by atoms with Crippen LogP contribution in [0.5, 0.6) is 0 Å². The van der Waals surface area contributed by atoms with Crippen LogP contribution in [0.4, 0.5) is 4.39 Å². The Balaban J connectivity index is 1.58. The van der Waals surface area contributed by atoms with Crippen LogP contribution < -0.4 is 10.6 Å². The van der Waals surface area contributed by atoms with Gasteiger partial charge < -0.3 is 10.6 Å². The van der Waals surface area contributed by atoms with Gasteiger partial charge in [-0.25, -0.2) is 4.39 Å². The highest BCUT2D eigenvalue weighted by atomic mass is 19.1. The minimum absolute atomic E-state index is 0.241. The van der Waals surface area contributed by atoms with Crippen molar-refractivity contribution in [2.75, 3.05) is 7.05 Å². The topological polar surface area (TPSA) is 66.6 Å². The molecule has 0 fully saturated rings. The lowest BCUT2D eigenvalue weighted by molar-refractivity contribution is 0.626. The molecule has 0 unspecified atom stereocenters. The van der Waals surface area contributed by atoms with E-state index in [0.29, 0.717) is 19.0 Å². The molecule has 7 heteroatoms. The molecular formula is C16H17FN6. The van der Waals surface area contributed by atoms with Gasteiger partial charge >= 0.3 is 0 Å². The molecule has 2 heterocycles. The summed E-state index contributed by atoms with van der Waals surface area (Å²) in [5.41, 5.74) is 1.78. The lowest BCUT2D eigenvalue weighted by atomic mass is 10.2. The number of nitrogens with one attached hydrogen (secondary N) is 2. The van der Waals surface area contributed by atoms with Crippen molar-refractivity contribution < 1.29 is 4.39 Å². The minimum atomic E-state index is -0.241. The summed E-state index contributed by atoms with van der Waals surface area (Å²) in [6.45, 7) is 1.05. The number of rotatable bonds is 4. The lowest BCUT2D eigenvalue weighted by Crippen LogP contribution is -2.36. The molecule has 2 aromatic heterocycles. The number of hydrogen-bond acceptors (Lipinski definition) is 3. The first-order valence-electron chi connectivity index (χ1n) is 7.24. The number of benzene rings is 1. The second-order valence-corrected chi connectivity index (χ2v) is 4.95. The summed E-state index contributed by atoms with van der Waals surface area (Å²) in [6, 6.07) is 12.1. The van der Waals surface area contributed by atoms with Gasteiger partial charge in [-0.15, -0.1) is 10.2 Å². The zero-order valence-electron chi connectivity index (χ0n) is 12.7. The summed E-state index contributed by atoms with van der Waals surface area (Å²) in [7, 11) is 1.70. The molecule has 3 rings (SSSR count). The van der Waals surface area contributed by atoms with E-state index in [2.05, 4.69) is 25.8 Å². The van der Waals surface area contributed by atoms with E-state index in [-0.39, 0.29) is 5.82 Å². The van der Waals surface area contributed by atoms with E-state index in [1.807, 2.05) is 28.8 Å². The smallest absolute Gasteiger partial charge is 0.191 e. The van der Waals surface area contributed by atoms with Gasteiger partial charge in [0.25, 0.3) is 0 Å². The Bertz CT molecular complexity index is 809. The third-order valence-corrected chi connectivity index (χ3v) is 3.40. The Labute approximate surface area is 133 Å². The van der Waals surface area contributed by atoms with Crippen molar-refractivity contribution in [1.82, 2.24) is 25.2 Å². The number of nitrogens with zero attached hydrogens (tertiary/aromatic N) is 4. The third-order valence-electron chi connectivity index (χ3n) is 3.40. The van der Waals surface area contributed by atoms with Crippen LogP contribution in [-0.2, 0) is 13.1 Å². The average Bonchev–Trinajstić information content (AvgIpc) is 3.00. The number of aliphatic imine (C=N–C) groups is 1. The highest BCUT2D eigenvalue weighted by molar-refractivity contribution is 5.79. The number of aromatic nitrogens is 3. The van der Waals surface area contributed by atoms with Crippen molar-refractivity contribution in [2.45, 2.75) is 13.1 Å². The van der Waals surface area contributed by atoms with Crippen molar-refractivity contribution >= 4 is 11.6 Å². The summed E-state index contributed by atoms with van der Waals surface area (Å²) >= 11 is 0. The molecule has 0 spiro atoms. The first kappa shape index (κ1) is 15.0. The molecule has 0 radical (unpaired) electrons. The Morgan fingerprint density at radius 1 is 1.09 bits per heavy atom. The van der Waals surface area contributed by atoms with Gasteiger partial charge in [-0.2, -0.15) is 0 Å². The molecule has 118 valence electrons. The van der Waals surface area contributed by atoms with E-state index < -0.39 is 0 Å². The van der Waals surface area contributed by atoms with Crippen LogP contribution in [0, 0.1) is 5.82 Å². The fourth-order valence-electron chi connectivity index (χ4n) is 2.18. The molecule has 0 aliphatic rings. The average molecular weight is 312 g/mol. The number of fused-ring (bicyclic) bond motifs is 1. The molecule has 3 aromatic rings. The van der Waals surface area contributed by atoms with Crippen molar-refractivity contribution in [3.8, 4) is 0 Å². The number of hydrogen-bond donors (Lipinski definition) is 2. The quantitative estimate of drug-likeness (QED) is 0.569. The van der Waals surface area contributed by atoms with Crippen molar-refractivity contribution in [2.24, 2.45) is 4.99 Å². The van der Waals surface area contributed by atoms with E-state index in [0.717, 1.165) is 17.0 Å². The molecular weight excluding hydrogens is 295 g/mol. The highest BCUT2D eigenvalue weighted by Crippen LogP contribution is 2.03. The molecule has 2 N–H and O–H groups in total. The van der Waals surface area contributed by atoms with Gasteiger partial charge in [-0.05, 0) is 29.8 Å². The maximum absolute atomic E-state index is 12.9. The minimum Gasteiger partial charge on any atom is -0.352 e. The Kier molecular flexibility index (Phi) is 4.46. The van der Waals surface area contributed by atoms with Gasteiger partial charge in [0.05, 0.1) is 6.54 Å². The van der Waals surface area contributed by atoms with Gasteiger partial charge in [0, 0.05) is 19.8 Å². The first-order valence-corrected chi connectivity index (χ1v) is 7.24. The zero-order chi connectivity index (χ0) is 16.1. The van der Waals surface area contributed by atoms with Gasteiger partial charge in [0.2, 0.25) is 0 Å². The van der Waals surface area contributed by atoms with E-state index in [1.54, 1.807) is 19.2 Å². The second-order valence-electron chi connectivity index (χ2n) is 4.95. The van der Waals surface area contributed by atoms with Gasteiger partial charge in [-0.1, -0.05) is 18.2 Å². The Morgan fingerprint density at radius 3 is 2.65 bits per heavy atom. The lowest BCUT2D eigenvalue weighted by Gasteiger charge is -2.11. The summed E-state index contributed by atoms with van der Waals surface area (Å²) < 4.78 is 14.8. The number of pyridine rings is 1. The Hall–Kier alpha value is -2.96. The zero-order valence-corrected chi connectivity index (χ0v) is 12.7. The maximum Gasteiger partial charge on any atom is 0.191 e. The number of halogens is 1. The van der Waals surface area contributed by atoms with Crippen LogP contribution in [0.15, 0.2) is 53.7 Å². The summed E-state index contributed by atoms with van der Waals surface area (Å²) in [4.78, 5) is 4.16. The molecule has 6 nitrogen and oxygen atoms in total. The van der Waals surface area contributed by atoms with Crippen molar-refractivity contribution in [3.63, 3.8) is 0 Å². The monoisotopic (exact) mass is 312 g/mol. The molecule has 0 aliphatic carbocycles. The van der Waals surface area contributed by atoms with Crippen LogP contribution in [0.2, 0.25) is 0 Å². The standard InChI is InChI=1S/C16H17FN6/c1-18-16(19-10-12-5-7-13(17)8-6-12)20-11-15-22-21-14-4-2-3-9-23(14)15/h2-9H,10-11H2,1H3,(H2,18,19,20). The van der Waals surface area contributed by atoms with Gasteiger partial charge in [0.1, 0.15) is 5.82 Å². The van der Waals surface area contributed by atoms with Crippen molar-refractivity contribution in [1.29, 1.82) is 0 Å². The van der Waals surface area contributed by atoms with Crippen LogP contribution in [-0.4, -0.2) is 27.6 Å². The fourth-order valence-corrected chi connectivity index (χ4v) is 2.18. The summed E-state index contributed by atoms with van der Waals surface area (Å²) in [5, 5.41) is 14.6. The molecule has 0 atom stereocenters. The third kappa shape index (κ3) is 3.63. The molecule has 0 saturated carbocycles. The second kappa shape index (κ2) is 6.87. The molecule has 0 bridgehead atoms. The summed E-state index contributed by atoms with van der Waals surface area (Å²) in [6.07, 6.45) is 1.92. The van der Waals surface area contributed by atoms with Crippen molar-refractivity contribution in [3.05, 3.63) is 65.9 Å². The normalized spacial score (nSPS) is 11.7. The molecule has 0 aliphatic heterocycles. The fraction of sp³-hybridized carbons (Fsp3) is 0.188. The van der Waals surface area contributed by atoms with Crippen LogP contribution in [0.25, 0.3) is 5.65 Å². The summed E-state index contributed by atoms with van der Waals surface area (Å²) in [5.74, 6) is 1.20. The first-order chi connectivity index (χ1) is 11.3. The van der Waals surface area contributed by atoms with E-state index >= 15 is 0 Å².